The van der Waals surface area contributed by atoms with Crippen LogP contribution in [0.25, 0.3) is 0 Å². The van der Waals surface area contributed by atoms with Crippen molar-refractivity contribution in [2.45, 2.75) is 18.7 Å². The number of carbonyl (C=O) groups excluding carboxylic acids is 3. The first-order valence-corrected chi connectivity index (χ1v) is 11.1. The van der Waals surface area contributed by atoms with Gasteiger partial charge in [0.05, 0.1) is 10.5 Å². The zero-order valence-electron chi connectivity index (χ0n) is 17.4. The summed E-state index contributed by atoms with van der Waals surface area (Å²) in [6, 6.07) is 7.49. The number of amides is 1. The average Bonchev–Trinajstić information content (AvgIpc) is 2.78. The first-order valence-electron chi connectivity index (χ1n) is 9.62. The fourth-order valence-corrected chi connectivity index (χ4v) is 4.19. The van der Waals surface area contributed by atoms with Crippen LogP contribution in [0.3, 0.4) is 0 Å². The molecule has 0 atom stereocenters. The largest absolute Gasteiger partial charge is 0.456 e. The van der Waals surface area contributed by atoms with Gasteiger partial charge in [-0.3, -0.25) is 14.4 Å². The summed E-state index contributed by atoms with van der Waals surface area (Å²) in [6.45, 7) is 2.62. The number of carbonyl (C=O) groups is 3. The van der Waals surface area contributed by atoms with Gasteiger partial charge < -0.3 is 10.1 Å². The second kappa shape index (κ2) is 10.9. The number of benzene rings is 2. The zero-order valence-corrected chi connectivity index (χ0v) is 18.2. The van der Waals surface area contributed by atoms with Crippen molar-refractivity contribution < 1.29 is 36.3 Å². The molecule has 0 fully saturated rings. The van der Waals surface area contributed by atoms with E-state index in [1.165, 1.54) is 28.6 Å². The molecule has 0 aliphatic heterocycles. The molecule has 11 heteroatoms. The second-order valence-electron chi connectivity index (χ2n) is 6.50. The first-order chi connectivity index (χ1) is 15.1. The lowest BCUT2D eigenvalue weighted by Gasteiger charge is -2.18. The number of ketones is 1. The van der Waals surface area contributed by atoms with Gasteiger partial charge >= 0.3 is 5.97 Å². The van der Waals surface area contributed by atoms with E-state index in [2.05, 4.69) is 10.1 Å². The molecule has 0 unspecified atom stereocenters. The van der Waals surface area contributed by atoms with E-state index in [4.69, 9.17) is 0 Å². The van der Waals surface area contributed by atoms with Gasteiger partial charge in [-0.2, -0.15) is 4.31 Å². The average molecular weight is 468 g/mol. The summed E-state index contributed by atoms with van der Waals surface area (Å²) in [5, 5.41) is 2.27. The molecule has 0 saturated heterocycles. The van der Waals surface area contributed by atoms with Crippen molar-refractivity contribution in [3.05, 3.63) is 65.2 Å². The first kappa shape index (κ1) is 25.1. The van der Waals surface area contributed by atoms with Crippen LogP contribution < -0.4 is 5.32 Å². The van der Waals surface area contributed by atoms with Crippen molar-refractivity contribution in [1.82, 2.24) is 9.62 Å². The van der Waals surface area contributed by atoms with Gasteiger partial charge in [0.2, 0.25) is 15.8 Å². The van der Waals surface area contributed by atoms with Crippen molar-refractivity contribution in [3.8, 4) is 0 Å². The Morgan fingerprint density at radius 3 is 2.22 bits per heavy atom. The third-order valence-electron chi connectivity index (χ3n) is 4.45. The highest BCUT2D eigenvalue weighted by Crippen LogP contribution is 2.16. The zero-order chi connectivity index (χ0) is 23.9. The van der Waals surface area contributed by atoms with E-state index in [0.717, 1.165) is 12.1 Å². The van der Waals surface area contributed by atoms with Crippen molar-refractivity contribution >= 4 is 27.7 Å². The highest BCUT2D eigenvalue weighted by atomic mass is 32.2. The summed E-state index contributed by atoms with van der Waals surface area (Å²) in [4.78, 5) is 35.8. The van der Waals surface area contributed by atoms with Gasteiger partial charge in [-0.05, 0) is 42.5 Å². The Kier molecular flexibility index (Phi) is 8.56. The minimum absolute atomic E-state index is 0.0280. The molecule has 172 valence electrons. The SMILES string of the molecule is CCN(CC)S(=O)(=O)c1ccc(C(=O)NCC(=O)OCC(=O)c2cc(F)ccc2F)cc1. The van der Waals surface area contributed by atoms with Crippen LogP contribution in [0.2, 0.25) is 0 Å². The van der Waals surface area contributed by atoms with E-state index in [9.17, 15) is 31.6 Å². The Bertz CT molecular complexity index is 1100. The van der Waals surface area contributed by atoms with Gasteiger partial charge in [0.1, 0.15) is 18.2 Å². The maximum atomic E-state index is 13.5. The molecule has 32 heavy (non-hydrogen) atoms. The number of rotatable bonds is 10. The molecule has 2 rings (SSSR count). The number of sulfonamides is 1. The predicted octanol–water partition coefficient (Wildman–Crippen LogP) is 2.15. The number of esters is 1. The second-order valence-corrected chi connectivity index (χ2v) is 8.44. The van der Waals surface area contributed by atoms with Gasteiger partial charge in [-0.15, -0.1) is 0 Å². The van der Waals surface area contributed by atoms with Crippen LogP contribution in [0.4, 0.5) is 8.78 Å². The van der Waals surface area contributed by atoms with Crippen molar-refractivity contribution in [2.24, 2.45) is 0 Å². The predicted molar refractivity (Wildman–Crippen MR) is 111 cm³/mol. The fraction of sp³-hybridized carbons (Fsp3) is 0.286. The van der Waals surface area contributed by atoms with Gasteiger partial charge in [0.15, 0.2) is 6.61 Å². The van der Waals surface area contributed by atoms with Crippen molar-refractivity contribution in [1.29, 1.82) is 0 Å². The molecular formula is C21H22F2N2O6S. The molecule has 2 aromatic carbocycles. The normalized spacial score (nSPS) is 11.3. The van der Waals surface area contributed by atoms with E-state index in [1.54, 1.807) is 13.8 Å². The Hall–Kier alpha value is -3.18. The van der Waals surface area contributed by atoms with Crippen LogP contribution in [0.15, 0.2) is 47.4 Å². The number of halogens is 2. The summed E-state index contributed by atoms with van der Waals surface area (Å²) in [5.41, 5.74) is -0.448. The molecule has 0 aromatic heterocycles. The molecule has 1 amide bonds. The molecule has 0 saturated carbocycles. The van der Waals surface area contributed by atoms with Crippen LogP contribution in [0.5, 0.6) is 0 Å². The Morgan fingerprint density at radius 2 is 1.62 bits per heavy atom. The molecule has 0 aliphatic rings. The number of nitrogens with zero attached hydrogens (tertiary/aromatic N) is 1. The van der Waals surface area contributed by atoms with Crippen LogP contribution in [-0.4, -0.2) is 56.6 Å². The summed E-state index contributed by atoms with van der Waals surface area (Å²) < 4.78 is 57.5. The van der Waals surface area contributed by atoms with E-state index in [0.29, 0.717) is 19.2 Å². The lowest BCUT2D eigenvalue weighted by Crippen LogP contribution is -2.32. The molecule has 0 radical (unpaired) electrons. The third kappa shape index (κ3) is 6.17. The molecule has 8 nitrogen and oxygen atoms in total. The smallest absolute Gasteiger partial charge is 0.325 e. The van der Waals surface area contributed by atoms with Crippen LogP contribution in [-0.2, 0) is 19.6 Å². The van der Waals surface area contributed by atoms with Crippen molar-refractivity contribution in [2.75, 3.05) is 26.2 Å². The maximum absolute atomic E-state index is 13.5. The topological polar surface area (TPSA) is 110 Å². The van der Waals surface area contributed by atoms with E-state index < -0.39 is 58.0 Å². The maximum Gasteiger partial charge on any atom is 0.325 e. The fourth-order valence-electron chi connectivity index (χ4n) is 2.73. The van der Waals surface area contributed by atoms with Crippen LogP contribution >= 0.6 is 0 Å². The molecule has 0 spiro atoms. The molecular weight excluding hydrogens is 446 g/mol. The van der Waals surface area contributed by atoms with Gasteiger partial charge in [-0.1, -0.05) is 13.8 Å². The number of hydrogen-bond acceptors (Lipinski definition) is 6. The molecule has 0 heterocycles. The molecule has 0 bridgehead atoms. The summed E-state index contributed by atoms with van der Waals surface area (Å²) >= 11 is 0. The lowest BCUT2D eigenvalue weighted by atomic mass is 10.1. The van der Waals surface area contributed by atoms with Crippen molar-refractivity contribution in [3.63, 3.8) is 0 Å². The third-order valence-corrected chi connectivity index (χ3v) is 6.51. The summed E-state index contributed by atoms with van der Waals surface area (Å²) in [7, 11) is -3.67. The van der Waals surface area contributed by atoms with Gasteiger partial charge in [0.25, 0.3) is 5.91 Å². The van der Waals surface area contributed by atoms with Gasteiger partial charge in [0, 0.05) is 18.7 Å². The Morgan fingerprint density at radius 1 is 1.00 bits per heavy atom. The monoisotopic (exact) mass is 468 g/mol. The lowest BCUT2D eigenvalue weighted by molar-refractivity contribution is -0.141. The number of nitrogens with one attached hydrogen (secondary N) is 1. The number of ether oxygens (including phenoxy) is 1. The highest BCUT2D eigenvalue weighted by molar-refractivity contribution is 7.89. The minimum Gasteiger partial charge on any atom is -0.456 e. The van der Waals surface area contributed by atoms with Gasteiger partial charge in [-0.25, -0.2) is 17.2 Å². The quantitative estimate of drug-likeness (QED) is 0.423. The van der Waals surface area contributed by atoms with E-state index in [1.807, 2.05) is 0 Å². The number of hydrogen-bond donors (Lipinski definition) is 1. The molecule has 1 N–H and O–H groups in total. The highest BCUT2D eigenvalue weighted by Gasteiger charge is 2.22. The minimum atomic E-state index is -3.67. The van der Waals surface area contributed by atoms with Crippen LogP contribution in [0.1, 0.15) is 34.6 Å². The van der Waals surface area contributed by atoms with E-state index in [-0.39, 0.29) is 10.5 Å². The van der Waals surface area contributed by atoms with Crippen LogP contribution in [0, 0.1) is 11.6 Å². The summed E-state index contributed by atoms with van der Waals surface area (Å²) in [6.07, 6.45) is 0. The Labute approximate surface area is 184 Å². The summed E-state index contributed by atoms with van der Waals surface area (Å²) in [5.74, 6) is -4.34. The van der Waals surface area contributed by atoms with E-state index >= 15 is 0 Å². The number of Topliss-reactive ketones (excluding diaryl/α,β-unsaturated/α-hetero) is 1. The standard InChI is InChI=1S/C21H22F2N2O6S/c1-3-25(4-2)32(29,30)16-8-5-14(6-9-16)21(28)24-12-20(27)31-13-19(26)17-11-15(22)7-10-18(17)23/h5-11H,3-4,12-13H2,1-2H3,(H,24,28). The molecule has 0 aliphatic carbocycles. The molecule has 2 aromatic rings. The Balaban J connectivity index is 1.90.